The standard InChI is InChI=1S/C25H21BrNO4/c26-15-16-27-23(28)20-13-7-8-14-21(20)25(27,30)22(19-11-5-2-6-12-19)24(29)31-17-18-9-3-1-4-10-18/h1-14,22H,15-17H2/q-1. The molecular weight excluding hydrogens is 458 g/mol. The number of benzene rings is 3. The number of ether oxygens (including phenoxy) is 1. The fourth-order valence-corrected chi connectivity index (χ4v) is 4.42. The molecule has 1 amide bonds. The molecule has 0 saturated heterocycles. The molecule has 0 bridgehead atoms. The maximum absolute atomic E-state index is 14.6. The van der Waals surface area contributed by atoms with Crippen molar-refractivity contribution in [1.29, 1.82) is 0 Å². The molecule has 6 heteroatoms. The quantitative estimate of drug-likeness (QED) is 0.384. The van der Waals surface area contributed by atoms with Crippen molar-refractivity contribution in [3.05, 3.63) is 107 Å². The smallest absolute Gasteiger partial charge is 0.315 e. The van der Waals surface area contributed by atoms with Crippen LogP contribution >= 0.6 is 15.9 Å². The Kier molecular flexibility index (Phi) is 6.20. The van der Waals surface area contributed by atoms with Crippen LogP contribution in [0.3, 0.4) is 0 Å². The molecule has 158 valence electrons. The molecular formula is C25H21BrNO4-. The summed E-state index contributed by atoms with van der Waals surface area (Å²) in [6.07, 6.45) is 0. The Morgan fingerprint density at radius 1 is 0.968 bits per heavy atom. The lowest BCUT2D eigenvalue weighted by molar-refractivity contribution is -0.525. The topological polar surface area (TPSA) is 69.7 Å². The van der Waals surface area contributed by atoms with E-state index in [2.05, 4.69) is 15.9 Å². The Bertz CT molecular complexity index is 1070. The highest BCUT2D eigenvalue weighted by molar-refractivity contribution is 9.09. The van der Waals surface area contributed by atoms with Crippen LogP contribution in [0.1, 0.15) is 33.0 Å². The molecule has 3 aromatic rings. The average Bonchev–Trinajstić information content (AvgIpc) is 3.02. The van der Waals surface area contributed by atoms with Crippen molar-refractivity contribution in [1.82, 2.24) is 4.90 Å². The van der Waals surface area contributed by atoms with Gasteiger partial charge in [-0.15, -0.1) is 0 Å². The largest absolute Gasteiger partial charge is 0.829 e. The van der Waals surface area contributed by atoms with Crippen LogP contribution in [0.4, 0.5) is 0 Å². The SMILES string of the molecule is O=C(OCc1ccccc1)C(c1ccccc1)C1([O-])c2ccccc2C(=O)N1CCBr. The molecule has 5 nitrogen and oxygen atoms in total. The number of alkyl halides is 1. The van der Waals surface area contributed by atoms with E-state index in [1.54, 1.807) is 48.5 Å². The van der Waals surface area contributed by atoms with E-state index in [1.807, 2.05) is 36.4 Å². The van der Waals surface area contributed by atoms with Gasteiger partial charge in [-0.1, -0.05) is 94.8 Å². The summed E-state index contributed by atoms with van der Waals surface area (Å²) >= 11 is 3.34. The monoisotopic (exact) mass is 478 g/mol. The summed E-state index contributed by atoms with van der Waals surface area (Å²) in [4.78, 5) is 27.7. The first-order valence-corrected chi connectivity index (χ1v) is 11.1. The van der Waals surface area contributed by atoms with Crippen molar-refractivity contribution < 1.29 is 19.4 Å². The molecule has 0 radical (unpaired) electrons. The molecule has 2 unspecified atom stereocenters. The van der Waals surface area contributed by atoms with Crippen molar-refractivity contribution in [2.24, 2.45) is 0 Å². The minimum absolute atomic E-state index is 0.0487. The number of carbonyl (C=O) groups is 2. The number of nitrogens with zero attached hydrogens (tertiary/aromatic N) is 1. The van der Waals surface area contributed by atoms with Gasteiger partial charge in [0, 0.05) is 23.2 Å². The molecule has 1 aliphatic rings. The Morgan fingerprint density at radius 3 is 2.26 bits per heavy atom. The van der Waals surface area contributed by atoms with Gasteiger partial charge >= 0.3 is 5.97 Å². The normalized spacial score (nSPS) is 18.5. The molecule has 1 heterocycles. The van der Waals surface area contributed by atoms with Crippen LogP contribution in [0, 0.1) is 0 Å². The first-order valence-electron chi connectivity index (χ1n) is 10.0. The van der Waals surface area contributed by atoms with Crippen molar-refractivity contribution in [3.63, 3.8) is 0 Å². The highest BCUT2D eigenvalue weighted by Gasteiger charge is 2.49. The van der Waals surface area contributed by atoms with Gasteiger partial charge in [-0.25, -0.2) is 0 Å². The summed E-state index contributed by atoms with van der Waals surface area (Å²) in [6, 6.07) is 24.8. The zero-order valence-corrected chi connectivity index (χ0v) is 18.3. The van der Waals surface area contributed by atoms with E-state index in [4.69, 9.17) is 4.74 Å². The van der Waals surface area contributed by atoms with Gasteiger partial charge in [-0.05, 0) is 22.8 Å². The van der Waals surface area contributed by atoms with Crippen LogP contribution in [-0.2, 0) is 21.9 Å². The summed E-state index contributed by atoms with van der Waals surface area (Å²) in [6.45, 7) is 0.222. The summed E-state index contributed by atoms with van der Waals surface area (Å²) in [5.74, 6) is -2.25. The molecule has 31 heavy (non-hydrogen) atoms. The van der Waals surface area contributed by atoms with Crippen LogP contribution in [0.2, 0.25) is 0 Å². The molecule has 0 fully saturated rings. The number of amides is 1. The third-order valence-electron chi connectivity index (χ3n) is 5.48. The number of hydrogen-bond donors (Lipinski definition) is 0. The van der Waals surface area contributed by atoms with Crippen molar-refractivity contribution >= 4 is 27.8 Å². The third-order valence-corrected chi connectivity index (χ3v) is 5.84. The first-order chi connectivity index (χ1) is 15.1. The van der Waals surface area contributed by atoms with Gasteiger partial charge in [0.1, 0.15) is 6.61 Å². The number of rotatable bonds is 7. The molecule has 0 N–H and O–H groups in total. The van der Waals surface area contributed by atoms with Crippen LogP contribution in [0.15, 0.2) is 84.9 Å². The van der Waals surface area contributed by atoms with Gasteiger partial charge in [0.25, 0.3) is 5.91 Å². The summed E-state index contributed by atoms with van der Waals surface area (Å²) in [5.41, 5.74) is -0.152. The molecule has 2 atom stereocenters. The van der Waals surface area contributed by atoms with Crippen LogP contribution in [-0.4, -0.2) is 28.7 Å². The number of carbonyl (C=O) groups excluding carboxylic acids is 2. The number of halogens is 1. The van der Waals surface area contributed by atoms with E-state index < -0.39 is 17.6 Å². The van der Waals surface area contributed by atoms with E-state index in [0.717, 1.165) is 5.56 Å². The van der Waals surface area contributed by atoms with E-state index in [1.165, 1.54) is 4.90 Å². The van der Waals surface area contributed by atoms with Gasteiger partial charge in [-0.3, -0.25) is 9.59 Å². The lowest BCUT2D eigenvalue weighted by Crippen LogP contribution is -2.60. The maximum Gasteiger partial charge on any atom is 0.315 e. The predicted molar refractivity (Wildman–Crippen MR) is 118 cm³/mol. The van der Waals surface area contributed by atoms with Crippen molar-refractivity contribution in [3.8, 4) is 0 Å². The predicted octanol–water partition coefficient (Wildman–Crippen LogP) is 3.58. The van der Waals surface area contributed by atoms with E-state index in [0.29, 0.717) is 22.0 Å². The molecule has 0 aliphatic carbocycles. The van der Waals surface area contributed by atoms with E-state index in [9.17, 15) is 14.7 Å². The number of fused-ring (bicyclic) bond motifs is 1. The number of esters is 1. The van der Waals surface area contributed by atoms with Crippen LogP contribution in [0.5, 0.6) is 0 Å². The van der Waals surface area contributed by atoms with Gasteiger partial charge in [-0.2, -0.15) is 0 Å². The second-order valence-corrected chi connectivity index (χ2v) is 8.12. The zero-order valence-electron chi connectivity index (χ0n) is 16.7. The first kappa shape index (κ1) is 21.3. The Hall–Kier alpha value is -2.96. The second kappa shape index (κ2) is 9.04. The second-order valence-electron chi connectivity index (χ2n) is 7.32. The Morgan fingerprint density at radius 2 is 1.58 bits per heavy atom. The lowest BCUT2D eigenvalue weighted by atomic mass is 9.83. The average molecular weight is 479 g/mol. The molecule has 0 saturated carbocycles. The fraction of sp³-hybridized carbons (Fsp3) is 0.200. The Balaban J connectivity index is 1.78. The summed E-state index contributed by atoms with van der Waals surface area (Å²) < 4.78 is 5.61. The molecule has 4 rings (SSSR count). The molecule has 3 aromatic carbocycles. The van der Waals surface area contributed by atoms with Crippen LogP contribution in [0.25, 0.3) is 0 Å². The highest BCUT2D eigenvalue weighted by Crippen LogP contribution is 2.45. The zero-order chi connectivity index (χ0) is 21.8. The third kappa shape index (κ3) is 3.89. The maximum atomic E-state index is 14.6. The van der Waals surface area contributed by atoms with Gasteiger partial charge < -0.3 is 14.7 Å². The number of hydrogen-bond acceptors (Lipinski definition) is 4. The van der Waals surface area contributed by atoms with Crippen molar-refractivity contribution in [2.45, 2.75) is 18.2 Å². The molecule has 1 aliphatic heterocycles. The van der Waals surface area contributed by atoms with Crippen LogP contribution < -0.4 is 5.11 Å². The van der Waals surface area contributed by atoms with E-state index in [-0.39, 0.29) is 19.1 Å². The minimum atomic E-state index is -2.11. The fourth-order valence-electron chi connectivity index (χ4n) is 4.07. The van der Waals surface area contributed by atoms with Crippen molar-refractivity contribution in [2.75, 3.05) is 11.9 Å². The highest BCUT2D eigenvalue weighted by atomic mass is 79.9. The summed E-state index contributed by atoms with van der Waals surface area (Å²) in [5, 5.41) is 15.0. The molecule has 0 aromatic heterocycles. The van der Waals surface area contributed by atoms with Gasteiger partial charge in [0.2, 0.25) is 0 Å². The molecule has 0 spiro atoms. The van der Waals surface area contributed by atoms with E-state index >= 15 is 0 Å². The minimum Gasteiger partial charge on any atom is -0.829 e. The lowest BCUT2D eigenvalue weighted by Gasteiger charge is -2.50. The van der Waals surface area contributed by atoms with Gasteiger partial charge in [0.05, 0.1) is 5.92 Å². The Labute approximate surface area is 189 Å². The summed E-state index contributed by atoms with van der Waals surface area (Å²) in [7, 11) is 0. The van der Waals surface area contributed by atoms with Gasteiger partial charge in [0.15, 0.2) is 0 Å².